The zero-order valence-electron chi connectivity index (χ0n) is 9.27. The number of anilines is 1. The standard InChI is InChI=1S/C11H13Cl2FN2O/c1-2-3-9(15)11(17)16-6-4-7(12)10(14)8(13)5-6/h4-5,9H,2-3,15H2,1H3,(H,16,17)/t9-/m0/s1. The SMILES string of the molecule is CCC[C@H](N)C(=O)Nc1cc(Cl)c(F)c(Cl)c1. The summed E-state index contributed by atoms with van der Waals surface area (Å²) < 4.78 is 13.1. The van der Waals surface area contributed by atoms with Gasteiger partial charge in [0.2, 0.25) is 5.91 Å². The number of carbonyl (C=O) groups is 1. The fraction of sp³-hybridized carbons (Fsp3) is 0.364. The number of rotatable bonds is 4. The molecule has 0 bridgehead atoms. The number of hydrogen-bond donors (Lipinski definition) is 2. The van der Waals surface area contributed by atoms with Crippen molar-refractivity contribution < 1.29 is 9.18 Å². The van der Waals surface area contributed by atoms with E-state index in [4.69, 9.17) is 28.9 Å². The minimum atomic E-state index is -0.704. The van der Waals surface area contributed by atoms with Crippen LogP contribution in [0.1, 0.15) is 19.8 Å². The third-order valence-corrected chi connectivity index (χ3v) is 2.74. The van der Waals surface area contributed by atoms with Gasteiger partial charge < -0.3 is 11.1 Å². The highest BCUT2D eigenvalue weighted by atomic mass is 35.5. The number of halogens is 3. The first-order valence-electron chi connectivity index (χ1n) is 5.16. The number of nitrogens with one attached hydrogen (secondary N) is 1. The van der Waals surface area contributed by atoms with Gasteiger partial charge in [-0.3, -0.25) is 4.79 Å². The Labute approximate surface area is 109 Å². The van der Waals surface area contributed by atoms with Crippen LogP contribution in [0.5, 0.6) is 0 Å². The summed E-state index contributed by atoms with van der Waals surface area (Å²) >= 11 is 11.2. The van der Waals surface area contributed by atoms with Crippen LogP contribution in [0.2, 0.25) is 10.0 Å². The average molecular weight is 279 g/mol. The van der Waals surface area contributed by atoms with Crippen LogP contribution < -0.4 is 11.1 Å². The van der Waals surface area contributed by atoms with E-state index < -0.39 is 11.9 Å². The van der Waals surface area contributed by atoms with Crippen LogP contribution in [0.15, 0.2) is 12.1 Å². The smallest absolute Gasteiger partial charge is 0.241 e. The van der Waals surface area contributed by atoms with Crippen LogP contribution in [0.4, 0.5) is 10.1 Å². The maximum Gasteiger partial charge on any atom is 0.241 e. The van der Waals surface area contributed by atoms with Crippen molar-refractivity contribution in [1.82, 2.24) is 0 Å². The summed E-state index contributed by atoms with van der Waals surface area (Å²) in [7, 11) is 0. The number of amides is 1. The third-order valence-electron chi connectivity index (χ3n) is 2.19. The van der Waals surface area contributed by atoms with E-state index in [0.717, 1.165) is 6.42 Å². The summed E-state index contributed by atoms with van der Waals surface area (Å²) in [5.41, 5.74) is 5.96. The lowest BCUT2D eigenvalue weighted by Gasteiger charge is -2.12. The van der Waals surface area contributed by atoms with Crippen molar-refractivity contribution in [3.63, 3.8) is 0 Å². The van der Waals surface area contributed by atoms with Gasteiger partial charge in [0.15, 0.2) is 5.82 Å². The zero-order valence-corrected chi connectivity index (χ0v) is 10.8. The molecule has 0 saturated carbocycles. The van der Waals surface area contributed by atoms with Gasteiger partial charge in [-0.15, -0.1) is 0 Å². The fourth-order valence-corrected chi connectivity index (χ4v) is 1.79. The van der Waals surface area contributed by atoms with Crippen LogP contribution in [0.3, 0.4) is 0 Å². The third kappa shape index (κ3) is 3.84. The molecule has 1 aromatic rings. The van der Waals surface area contributed by atoms with Crippen LogP contribution >= 0.6 is 23.2 Å². The van der Waals surface area contributed by atoms with Crippen LogP contribution in [0.25, 0.3) is 0 Å². The molecule has 3 N–H and O–H groups in total. The van der Waals surface area contributed by atoms with Crippen LogP contribution in [-0.2, 0) is 4.79 Å². The van der Waals surface area contributed by atoms with E-state index >= 15 is 0 Å². The normalized spacial score (nSPS) is 12.3. The summed E-state index contributed by atoms with van der Waals surface area (Å²) in [6.07, 6.45) is 1.38. The van der Waals surface area contributed by atoms with Crippen LogP contribution in [-0.4, -0.2) is 11.9 Å². The van der Waals surface area contributed by atoms with Gasteiger partial charge in [0, 0.05) is 5.69 Å². The highest BCUT2D eigenvalue weighted by Crippen LogP contribution is 2.27. The lowest BCUT2D eigenvalue weighted by molar-refractivity contribution is -0.117. The number of carbonyl (C=O) groups excluding carboxylic acids is 1. The van der Waals surface area contributed by atoms with Crippen LogP contribution in [0, 0.1) is 5.82 Å². The van der Waals surface area contributed by atoms with E-state index in [1.807, 2.05) is 6.92 Å². The molecule has 0 aliphatic carbocycles. The topological polar surface area (TPSA) is 55.1 Å². The van der Waals surface area contributed by atoms with Crippen molar-refractivity contribution >= 4 is 34.8 Å². The van der Waals surface area contributed by atoms with E-state index in [1.54, 1.807) is 0 Å². The molecular formula is C11H13Cl2FN2O. The van der Waals surface area contributed by atoms with Crippen molar-refractivity contribution in [2.75, 3.05) is 5.32 Å². The molecule has 0 unspecified atom stereocenters. The molecule has 94 valence electrons. The Bertz CT molecular complexity index is 403. The van der Waals surface area contributed by atoms with Crippen molar-refractivity contribution in [1.29, 1.82) is 0 Å². The largest absolute Gasteiger partial charge is 0.325 e. The summed E-state index contributed by atoms with van der Waals surface area (Å²) in [4.78, 5) is 11.6. The monoisotopic (exact) mass is 278 g/mol. The molecule has 0 heterocycles. The Balaban J connectivity index is 2.79. The minimum absolute atomic E-state index is 0.142. The van der Waals surface area contributed by atoms with Gasteiger partial charge in [-0.1, -0.05) is 36.5 Å². The summed E-state index contributed by atoms with van der Waals surface area (Å²) in [5.74, 6) is -1.05. The Morgan fingerprint density at radius 1 is 1.47 bits per heavy atom. The van der Waals surface area contributed by atoms with E-state index in [-0.39, 0.29) is 16.0 Å². The predicted octanol–water partition coefficient (Wildman–Crippen LogP) is 3.20. The fourth-order valence-electron chi connectivity index (χ4n) is 1.30. The maximum atomic E-state index is 13.1. The Morgan fingerprint density at radius 2 is 2.00 bits per heavy atom. The van der Waals surface area contributed by atoms with E-state index in [0.29, 0.717) is 12.1 Å². The van der Waals surface area contributed by atoms with E-state index in [9.17, 15) is 9.18 Å². The molecule has 1 atom stereocenters. The second-order valence-corrected chi connectivity index (χ2v) is 4.45. The Hall–Kier alpha value is -0.840. The molecule has 0 saturated heterocycles. The summed E-state index contributed by atoms with van der Waals surface area (Å²) in [6, 6.07) is 1.99. The Morgan fingerprint density at radius 3 is 2.47 bits per heavy atom. The van der Waals surface area contributed by atoms with Gasteiger partial charge in [0.05, 0.1) is 16.1 Å². The highest BCUT2D eigenvalue weighted by Gasteiger charge is 2.14. The summed E-state index contributed by atoms with van der Waals surface area (Å²) in [5, 5.41) is 2.25. The van der Waals surface area contributed by atoms with Crippen molar-refractivity contribution in [2.24, 2.45) is 5.73 Å². The number of nitrogens with two attached hydrogens (primary N) is 1. The second-order valence-electron chi connectivity index (χ2n) is 3.64. The zero-order chi connectivity index (χ0) is 13.0. The predicted molar refractivity (Wildman–Crippen MR) is 67.9 cm³/mol. The second kappa shape index (κ2) is 6.19. The molecular weight excluding hydrogens is 266 g/mol. The van der Waals surface area contributed by atoms with Gasteiger partial charge in [0.25, 0.3) is 0 Å². The number of hydrogen-bond acceptors (Lipinski definition) is 2. The van der Waals surface area contributed by atoms with Gasteiger partial charge in [0.1, 0.15) is 0 Å². The van der Waals surface area contributed by atoms with Gasteiger partial charge >= 0.3 is 0 Å². The molecule has 1 aromatic carbocycles. The first-order valence-corrected chi connectivity index (χ1v) is 5.92. The molecule has 0 aliphatic rings. The molecule has 6 heteroatoms. The lowest BCUT2D eigenvalue weighted by Crippen LogP contribution is -2.35. The molecule has 1 rings (SSSR count). The van der Waals surface area contributed by atoms with Crippen molar-refractivity contribution in [2.45, 2.75) is 25.8 Å². The quantitative estimate of drug-likeness (QED) is 0.831. The van der Waals surface area contributed by atoms with Gasteiger partial charge in [-0.2, -0.15) is 0 Å². The molecule has 0 radical (unpaired) electrons. The first-order chi connectivity index (χ1) is 7.95. The maximum absolute atomic E-state index is 13.1. The molecule has 0 aromatic heterocycles. The molecule has 0 aliphatic heterocycles. The number of benzene rings is 1. The molecule has 0 spiro atoms. The van der Waals surface area contributed by atoms with E-state index in [2.05, 4.69) is 5.32 Å². The average Bonchev–Trinajstić information content (AvgIpc) is 2.26. The minimum Gasteiger partial charge on any atom is -0.325 e. The summed E-state index contributed by atoms with van der Waals surface area (Å²) in [6.45, 7) is 1.93. The lowest BCUT2D eigenvalue weighted by atomic mass is 10.1. The van der Waals surface area contributed by atoms with Gasteiger partial charge in [-0.05, 0) is 18.6 Å². The Kier molecular flexibility index (Phi) is 5.18. The molecule has 17 heavy (non-hydrogen) atoms. The first kappa shape index (κ1) is 14.2. The van der Waals surface area contributed by atoms with E-state index in [1.165, 1.54) is 12.1 Å². The molecule has 3 nitrogen and oxygen atoms in total. The highest BCUT2D eigenvalue weighted by molar-refractivity contribution is 6.35. The molecule has 0 fully saturated rings. The van der Waals surface area contributed by atoms with Gasteiger partial charge in [-0.25, -0.2) is 4.39 Å². The van der Waals surface area contributed by atoms with Crippen molar-refractivity contribution in [3.05, 3.63) is 28.0 Å². The molecule has 1 amide bonds. The van der Waals surface area contributed by atoms with Crippen molar-refractivity contribution in [3.8, 4) is 0 Å².